The van der Waals surface area contributed by atoms with Gasteiger partial charge >= 0.3 is 6.09 Å². The van der Waals surface area contributed by atoms with Crippen LogP contribution in [0.4, 0.5) is 4.79 Å². The second-order valence-electron chi connectivity index (χ2n) is 6.78. The number of cyclic esters (lactones) is 1. The molecule has 1 fully saturated rings. The van der Waals surface area contributed by atoms with Crippen LogP contribution in [-0.4, -0.2) is 6.09 Å². The minimum Gasteiger partial charge on any atom is -0.439 e. The number of aryl methyl sites for hydroxylation is 2. The lowest BCUT2D eigenvalue weighted by molar-refractivity contribution is 0.132. The van der Waals surface area contributed by atoms with Crippen LogP contribution in [-0.2, 0) is 4.74 Å². The largest absolute Gasteiger partial charge is 0.439 e. The average Bonchev–Trinajstić information content (AvgIpc) is 3.07. The van der Waals surface area contributed by atoms with E-state index in [4.69, 9.17) is 4.74 Å². The number of carbonyl (C=O) groups is 1. The van der Waals surface area contributed by atoms with E-state index in [0.29, 0.717) is 0 Å². The first-order chi connectivity index (χ1) is 12.6. The number of carbonyl (C=O) groups excluding carboxylic acids is 1. The van der Waals surface area contributed by atoms with Crippen molar-refractivity contribution < 1.29 is 9.53 Å². The number of hydrogen-bond acceptors (Lipinski definition) is 2. The fourth-order valence-corrected chi connectivity index (χ4v) is 3.42. The number of amides is 1. The standard InChI is InChI=1S/C23H21NO2/c1-15-11-12-20(13-16(15)2)22-21(24-23(25)26-22)19-10-6-9-18(14-19)17-7-4-3-5-8-17/h3-14,21-22H,1-2H3,(H,24,25)/t21-,22-/m0/s1. The predicted molar refractivity (Wildman–Crippen MR) is 103 cm³/mol. The molecule has 0 spiro atoms. The predicted octanol–water partition coefficient (Wildman–Crippen LogP) is 5.49. The Kier molecular flexibility index (Phi) is 4.21. The van der Waals surface area contributed by atoms with Gasteiger partial charge in [-0.15, -0.1) is 0 Å². The number of hydrogen-bond donors (Lipinski definition) is 1. The molecule has 1 heterocycles. The third-order valence-electron chi connectivity index (χ3n) is 5.02. The first kappa shape index (κ1) is 16.4. The number of benzene rings is 3. The van der Waals surface area contributed by atoms with Gasteiger partial charge in [0, 0.05) is 0 Å². The van der Waals surface area contributed by atoms with Gasteiger partial charge in [-0.05, 0) is 53.3 Å². The molecule has 1 N–H and O–H groups in total. The number of alkyl carbamates (subject to hydrolysis) is 1. The van der Waals surface area contributed by atoms with Gasteiger partial charge in [-0.3, -0.25) is 0 Å². The summed E-state index contributed by atoms with van der Waals surface area (Å²) < 4.78 is 5.60. The number of nitrogens with one attached hydrogen (secondary N) is 1. The van der Waals surface area contributed by atoms with Crippen molar-refractivity contribution in [2.75, 3.05) is 0 Å². The van der Waals surface area contributed by atoms with Crippen LogP contribution in [0.1, 0.15) is 34.4 Å². The van der Waals surface area contributed by atoms with Gasteiger partial charge in [0.15, 0.2) is 6.10 Å². The Hall–Kier alpha value is -3.07. The minimum absolute atomic E-state index is 0.201. The van der Waals surface area contributed by atoms with Crippen molar-refractivity contribution >= 4 is 6.09 Å². The summed E-state index contributed by atoms with van der Waals surface area (Å²) in [5, 5.41) is 2.97. The summed E-state index contributed by atoms with van der Waals surface area (Å²) in [4.78, 5) is 12.0. The van der Waals surface area contributed by atoms with Crippen LogP contribution in [0.5, 0.6) is 0 Å². The molecule has 1 saturated heterocycles. The molecule has 3 aromatic rings. The van der Waals surface area contributed by atoms with Crippen molar-refractivity contribution in [2.45, 2.75) is 26.0 Å². The molecule has 1 aliphatic rings. The van der Waals surface area contributed by atoms with Gasteiger partial charge in [-0.25, -0.2) is 4.79 Å². The van der Waals surface area contributed by atoms with Crippen molar-refractivity contribution in [3.63, 3.8) is 0 Å². The molecule has 0 aromatic heterocycles. The molecular formula is C23H21NO2. The summed E-state index contributed by atoms with van der Waals surface area (Å²) in [5.41, 5.74) is 6.77. The number of rotatable bonds is 3. The first-order valence-corrected chi connectivity index (χ1v) is 8.81. The molecule has 1 amide bonds. The van der Waals surface area contributed by atoms with E-state index in [9.17, 15) is 4.79 Å². The monoisotopic (exact) mass is 343 g/mol. The van der Waals surface area contributed by atoms with E-state index >= 15 is 0 Å². The Labute approximate surface area is 153 Å². The highest BCUT2D eigenvalue weighted by Gasteiger charge is 2.36. The van der Waals surface area contributed by atoms with Crippen molar-refractivity contribution in [1.82, 2.24) is 5.32 Å². The van der Waals surface area contributed by atoms with E-state index in [1.165, 1.54) is 11.1 Å². The van der Waals surface area contributed by atoms with Crippen LogP contribution in [0.3, 0.4) is 0 Å². The van der Waals surface area contributed by atoms with Gasteiger partial charge in [-0.2, -0.15) is 0 Å². The molecule has 0 radical (unpaired) electrons. The third kappa shape index (κ3) is 3.08. The van der Waals surface area contributed by atoms with E-state index in [2.05, 4.69) is 55.6 Å². The fourth-order valence-electron chi connectivity index (χ4n) is 3.42. The maximum absolute atomic E-state index is 12.0. The van der Waals surface area contributed by atoms with Gasteiger partial charge in [0.1, 0.15) is 0 Å². The zero-order chi connectivity index (χ0) is 18.1. The Morgan fingerprint density at radius 1 is 0.769 bits per heavy atom. The SMILES string of the molecule is Cc1ccc([C@@H]2OC(=O)N[C@H]2c2cccc(-c3ccccc3)c2)cc1C. The van der Waals surface area contributed by atoms with E-state index in [1.54, 1.807) is 0 Å². The molecule has 4 rings (SSSR count). The molecule has 3 aromatic carbocycles. The molecule has 26 heavy (non-hydrogen) atoms. The van der Waals surface area contributed by atoms with Crippen LogP contribution < -0.4 is 5.32 Å². The molecule has 0 saturated carbocycles. The Balaban J connectivity index is 1.71. The second-order valence-corrected chi connectivity index (χ2v) is 6.78. The van der Waals surface area contributed by atoms with Crippen molar-refractivity contribution in [3.05, 3.63) is 95.1 Å². The topological polar surface area (TPSA) is 38.3 Å². The second kappa shape index (κ2) is 6.68. The highest BCUT2D eigenvalue weighted by Crippen LogP contribution is 2.38. The number of ether oxygens (including phenoxy) is 1. The molecule has 0 bridgehead atoms. The summed E-state index contributed by atoms with van der Waals surface area (Å²) in [7, 11) is 0. The smallest absolute Gasteiger partial charge is 0.408 e. The quantitative estimate of drug-likeness (QED) is 0.682. The molecule has 130 valence electrons. The van der Waals surface area contributed by atoms with Gasteiger partial charge in [0.2, 0.25) is 0 Å². The summed E-state index contributed by atoms with van der Waals surface area (Å²) in [6.45, 7) is 4.16. The zero-order valence-electron chi connectivity index (χ0n) is 14.9. The van der Waals surface area contributed by atoms with Crippen LogP contribution in [0.15, 0.2) is 72.8 Å². The van der Waals surface area contributed by atoms with Crippen LogP contribution in [0.25, 0.3) is 11.1 Å². The minimum atomic E-state index is -0.372. The first-order valence-electron chi connectivity index (χ1n) is 8.81. The van der Waals surface area contributed by atoms with E-state index in [0.717, 1.165) is 22.3 Å². The van der Waals surface area contributed by atoms with E-state index in [1.807, 2.05) is 36.4 Å². The van der Waals surface area contributed by atoms with Gasteiger partial charge < -0.3 is 10.1 Å². The molecule has 3 heteroatoms. The Morgan fingerprint density at radius 3 is 2.31 bits per heavy atom. The molecule has 2 atom stereocenters. The lowest BCUT2D eigenvalue weighted by atomic mass is 9.92. The molecule has 0 unspecified atom stereocenters. The summed E-state index contributed by atoms with van der Waals surface area (Å²) in [6.07, 6.45) is -0.698. The van der Waals surface area contributed by atoms with Crippen molar-refractivity contribution in [1.29, 1.82) is 0 Å². The maximum atomic E-state index is 12.0. The maximum Gasteiger partial charge on any atom is 0.408 e. The van der Waals surface area contributed by atoms with Gasteiger partial charge in [0.05, 0.1) is 6.04 Å². The van der Waals surface area contributed by atoms with E-state index < -0.39 is 0 Å². The van der Waals surface area contributed by atoms with Gasteiger partial charge in [0.25, 0.3) is 0 Å². The third-order valence-corrected chi connectivity index (χ3v) is 5.02. The molecular weight excluding hydrogens is 322 g/mol. The molecule has 3 nitrogen and oxygen atoms in total. The Bertz CT molecular complexity index is 949. The normalized spacial score (nSPS) is 19.1. The zero-order valence-corrected chi connectivity index (χ0v) is 14.9. The highest BCUT2D eigenvalue weighted by molar-refractivity contribution is 5.72. The van der Waals surface area contributed by atoms with Crippen LogP contribution >= 0.6 is 0 Å². The highest BCUT2D eigenvalue weighted by atomic mass is 16.6. The van der Waals surface area contributed by atoms with Crippen LogP contribution in [0.2, 0.25) is 0 Å². The molecule has 1 aliphatic heterocycles. The summed E-state index contributed by atoms with van der Waals surface area (Å²) in [5.74, 6) is 0. The van der Waals surface area contributed by atoms with Gasteiger partial charge in [-0.1, -0.05) is 66.7 Å². The average molecular weight is 343 g/mol. The van der Waals surface area contributed by atoms with Crippen LogP contribution in [0, 0.1) is 13.8 Å². The Morgan fingerprint density at radius 2 is 1.54 bits per heavy atom. The molecule has 0 aliphatic carbocycles. The fraction of sp³-hybridized carbons (Fsp3) is 0.174. The summed E-state index contributed by atoms with van der Waals surface area (Å²) >= 11 is 0. The van der Waals surface area contributed by atoms with E-state index in [-0.39, 0.29) is 18.2 Å². The lowest BCUT2D eigenvalue weighted by Crippen LogP contribution is -2.19. The van der Waals surface area contributed by atoms with Crippen molar-refractivity contribution in [2.24, 2.45) is 0 Å². The van der Waals surface area contributed by atoms with Crippen molar-refractivity contribution in [3.8, 4) is 11.1 Å². The lowest BCUT2D eigenvalue weighted by Gasteiger charge is -2.19. The summed E-state index contributed by atoms with van der Waals surface area (Å²) in [6, 6.07) is 24.5.